The summed E-state index contributed by atoms with van der Waals surface area (Å²) < 4.78 is 0.396. The second kappa shape index (κ2) is 4.85. The Labute approximate surface area is 111 Å². The highest BCUT2D eigenvalue weighted by Crippen LogP contribution is 2.15. The molecule has 1 saturated heterocycles. The number of halogens is 1. The Balaban J connectivity index is 2.12. The topological polar surface area (TPSA) is 79.4 Å². The van der Waals surface area contributed by atoms with Crippen molar-refractivity contribution in [3.05, 3.63) is 28.5 Å². The van der Waals surface area contributed by atoms with Crippen LogP contribution in [0.15, 0.2) is 22.9 Å². The van der Waals surface area contributed by atoms with Crippen LogP contribution < -0.4 is 5.32 Å². The number of nitrogens with zero attached hydrogens (tertiary/aromatic N) is 2. The number of rotatable bonds is 2. The van der Waals surface area contributed by atoms with E-state index in [1.54, 1.807) is 18.3 Å². The van der Waals surface area contributed by atoms with Crippen LogP contribution in [0.2, 0.25) is 0 Å². The van der Waals surface area contributed by atoms with Gasteiger partial charge in [0.05, 0.1) is 12.0 Å². The SMILES string of the molecule is CN1C(=O)CC(NC(=O)c2cccnc2Br)C1=O. The van der Waals surface area contributed by atoms with Crippen molar-refractivity contribution in [2.24, 2.45) is 0 Å². The van der Waals surface area contributed by atoms with Crippen molar-refractivity contribution in [3.63, 3.8) is 0 Å². The van der Waals surface area contributed by atoms with E-state index in [-0.39, 0.29) is 12.3 Å². The molecule has 0 bridgehead atoms. The first-order valence-corrected chi connectivity index (χ1v) is 6.02. The van der Waals surface area contributed by atoms with Crippen molar-refractivity contribution in [2.45, 2.75) is 12.5 Å². The fourth-order valence-corrected chi connectivity index (χ4v) is 2.09. The quantitative estimate of drug-likeness (QED) is 0.630. The first-order chi connectivity index (χ1) is 8.50. The summed E-state index contributed by atoms with van der Waals surface area (Å²) in [4.78, 5) is 39.8. The van der Waals surface area contributed by atoms with Gasteiger partial charge in [-0.3, -0.25) is 19.3 Å². The lowest BCUT2D eigenvalue weighted by Crippen LogP contribution is -2.40. The van der Waals surface area contributed by atoms with Crippen molar-refractivity contribution >= 4 is 33.7 Å². The third-order valence-electron chi connectivity index (χ3n) is 2.69. The first kappa shape index (κ1) is 12.7. The summed E-state index contributed by atoms with van der Waals surface area (Å²) in [7, 11) is 1.40. The summed E-state index contributed by atoms with van der Waals surface area (Å²) in [6, 6.07) is 2.41. The predicted octanol–water partition coefficient (Wildman–Crippen LogP) is 0.331. The number of aromatic nitrogens is 1. The van der Waals surface area contributed by atoms with Crippen LogP contribution in [0.25, 0.3) is 0 Å². The molecule has 0 spiro atoms. The number of carbonyl (C=O) groups excluding carboxylic acids is 3. The molecule has 1 unspecified atom stereocenters. The third kappa shape index (κ3) is 2.26. The van der Waals surface area contributed by atoms with Crippen molar-refractivity contribution < 1.29 is 14.4 Å². The molecule has 2 heterocycles. The summed E-state index contributed by atoms with van der Waals surface area (Å²) in [5.41, 5.74) is 0.326. The summed E-state index contributed by atoms with van der Waals surface area (Å²) in [5, 5.41) is 2.53. The zero-order valence-electron chi connectivity index (χ0n) is 9.51. The lowest BCUT2D eigenvalue weighted by molar-refractivity contribution is -0.137. The highest BCUT2D eigenvalue weighted by molar-refractivity contribution is 9.10. The molecule has 3 amide bonds. The molecule has 94 valence electrons. The highest BCUT2D eigenvalue weighted by atomic mass is 79.9. The zero-order valence-corrected chi connectivity index (χ0v) is 11.1. The van der Waals surface area contributed by atoms with Crippen LogP contribution in [0.3, 0.4) is 0 Å². The molecule has 0 aliphatic carbocycles. The molecule has 1 aromatic heterocycles. The van der Waals surface area contributed by atoms with Crippen LogP contribution in [-0.4, -0.2) is 40.7 Å². The smallest absolute Gasteiger partial charge is 0.254 e. The minimum absolute atomic E-state index is 0.00104. The molecule has 0 aromatic carbocycles. The number of likely N-dealkylation sites (N-methyl/N-ethyl adjacent to an activating group) is 1. The Morgan fingerprint density at radius 1 is 1.56 bits per heavy atom. The van der Waals surface area contributed by atoms with Gasteiger partial charge < -0.3 is 5.32 Å². The van der Waals surface area contributed by atoms with Gasteiger partial charge in [-0.25, -0.2) is 4.98 Å². The number of hydrogen-bond acceptors (Lipinski definition) is 4. The Bertz CT molecular complexity index is 532. The van der Waals surface area contributed by atoms with Gasteiger partial charge in [0, 0.05) is 13.2 Å². The van der Waals surface area contributed by atoms with Gasteiger partial charge in [-0.15, -0.1) is 0 Å². The van der Waals surface area contributed by atoms with Gasteiger partial charge in [0.1, 0.15) is 10.6 Å². The van der Waals surface area contributed by atoms with E-state index in [0.29, 0.717) is 10.2 Å². The molecule has 1 fully saturated rings. The second-order valence-corrected chi connectivity index (χ2v) is 4.61. The van der Waals surface area contributed by atoms with Crippen LogP contribution in [-0.2, 0) is 9.59 Å². The predicted molar refractivity (Wildman–Crippen MR) is 65.6 cm³/mol. The molecule has 18 heavy (non-hydrogen) atoms. The van der Waals surface area contributed by atoms with E-state index < -0.39 is 17.9 Å². The van der Waals surface area contributed by atoms with E-state index in [9.17, 15) is 14.4 Å². The Morgan fingerprint density at radius 3 is 2.83 bits per heavy atom. The third-order valence-corrected chi connectivity index (χ3v) is 3.32. The second-order valence-electron chi connectivity index (χ2n) is 3.86. The molecule has 0 saturated carbocycles. The fourth-order valence-electron chi connectivity index (χ4n) is 1.66. The lowest BCUT2D eigenvalue weighted by atomic mass is 10.2. The lowest BCUT2D eigenvalue weighted by Gasteiger charge is -2.11. The molecular weight excluding hydrogens is 302 g/mol. The van der Waals surface area contributed by atoms with E-state index in [0.717, 1.165) is 4.90 Å². The van der Waals surface area contributed by atoms with Gasteiger partial charge in [-0.2, -0.15) is 0 Å². The van der Waals surface area contributed by atoms with Gasteiger partial charge in [0.2, 0.25) is 5.91 Å². The number of hydrogen-bond donors (Lipinski definition) is 1. The molecule has 1 aromatic rings. The Hall–Kier alpha value is -1.76. The average molecular weight is 312 g/mol. The van der Waals surface area contributed by atoms with Crippen molar-refractivity contribution in [1.82, 2.24) is 15.2 Å². The standard InChI is InChI=1S/C11H10BrN3O3/c1-15-8(16)5-7(11(15)18)14-10(17)6-3-2-4-13-9(6)12/h2-4,7H,5H2,1H3,(H,14,17). The maximum atomic E-state index is 11.9. The molecule has 1 aliphatic rings. The molecule has 6 nitrogen and oxygen atoms in total. The van der Waals surface area contributed by atoms with Crippen molar-refractivity contribution in [3.8, 4) is 0 Å². The van der Waals surface area contributed by atoms with Gasteiger partial charge in [-0.05, 0) is 28.1 Å². The average Bonchev–Trinajstić information content (AvgIpc) is 2.57. The maximum absolute atomic E-state index is 11.9. The van der Waals surface area contributed by atoms with Gasteiger partial charge in [0.25, 0.3) is 11.8 Å². The highest BCUT2D eigenvalue weighted by Gasteiger charge is 2.37. The van der Waals surface area contributed by atoms with Gasteiger partial charge in [-0.1, -0.05) is 0 Å². The number of carbonyl (C=O) groups is 3. The van der Waals surface area contributed by atoms with E-state index in [4.69, 9.17) is 0 Å². The van der Waals surface area contributed by atoms with Crippen molar-refractivity contribution in [2.75, 3.05) is 7.05 Å². The summed E-state index contributed by atoms with van der Waals surface area (Å²) in [5.74, 6) is -1.12. The van der Waals surface area contributed by atoms with Crippen LogP contribution in [0, 0.1) is 0 Å². The van der Waals surface area contributed by atoms with Gasteiger partial charge in [0.15, 0.2) is 0 Å². The molecule has 1 aliphatic heterocycles. The van der Waals surface area contributed by atoms with Crippen LogP contribution in [0.5, 0.6) is 0 Å². The Kier molecular flexibility index (Phi) is 3.42. The number of imide groups is 1. The van der Waals surface area contributed by atoms with Crippen LogP contribution in [0.4, 0.5) is 0 Å². The number of likely N-dealkylation sites (tertiary alicyclic amines) is 1. The van der Waals surface area contributed by atoms with E-state index in [1.165, 1.54) is 7.05 Å². The summed E-state index contributed by atoms with van der Waals surface area (Å²) >= 11 is 3.15. The first-order valence-electron chi connectivity index (χ1n) is 5.22. The molecule has 1 N–H and O–H groups in total. The number of nitrogens with one attached hydrogen (secondary N) is 1. The normalized spacial score (nSPS) is 19.2. The maximum Gasteiger partial charge on any atom is 0.254 e. The summed E-state index contributed by atoms with van der Waals surface area (Å²) in [6.45, 7) is 0. The van der Waals surface area contributed by atoms with Gasteiger partial charge >= 0.3 is 0 Å². The molecule has 1 atom stereocenters. The minimum atomic E-state index is -0.790. The zero-order chi connectivity index (χ0) is 13.3. The van der Waals surface area contributed by atoms with Crippen LogP contribution >= 0.6 is 15.9 Å². The molecule has 7 heteroatoms. The molecular formula is C11H10BrN3O3. The summed E-state index contributed by atoms with van der Waals surface area (Å²) in [6.07, 6.45) is 1.54. The van der Waals surface area contributed by atoms with E-state index in [1.807, 2.05) is 0 Å². The monoisotopic (exact) mass is 311 g/mol. The fraction of sp³-hybridized carbons (Fsp3) is 0.273. The van der Waals surface area contributed by atoms with E-state index >= 15 is 0 Å². The van der Waals surface area contributed by atoms with Crippen LogP contribution in [0.1, 0.15) is 16.8 Å². The molecule has 2 rings (SSSR count). The minimum Gasteiger partial charge on any atom is -0.340 e. The number of pyridine rings is 1. The number of amides is 3. The van der Waals surface area contributed by atoms with Crippen molar-refractivity contribution in [1.29, 1.82) is 0 Å². The van der Waals surface area contributed by atoms with E-state index in [2.05, 4.69) is 26.2 Å². The largest absolute Gasteiger partial charge is 0.340 e. The molecule has 0 radical (unpaired) electrons. The Morgan fingerprint density at radius 2 is 2.28 bits per heavy atom.